The summed E-state index contributed by atoms with van der Waals surface area (Å²) in [7, 11) is 0. The minimum absolute atomic E-state index is 0.0383. The number of ether oxygens (including phenoxy) is 1. The zero-order chi connectivity index (χ0) is 15.3. The Balaban J connectivity index is 3.14. The van der Waals surface area contributed by atoms with E-state index < -0.39 is 18.5 Å². The van der Waals surface area contributed by atoms with Crippen LogP contribution in [0.4, 0.5) is 28.9 Å². The van der Waals surface area contributed by atoms with E-state index >= 15 is 0 Å². The maximum absolute atomic E-state index is 13.6. The van der Waals surface area contributed by atoms with E-state index in [4.69, 9.17) is 10.5 Å². The first kappa shape index (κ1) is 16.4. The third kappa shape index (κ3) is 4.47. The average Bonchev–Trinajstić information content (AvgIpc) is 2.30. The van der Waals surface area contributed by atoms with Crippen LogP contribution in [0.25, 0.3) is 0 Å². The summed E-state index contributed by atoms with van der Waals surface area (Å²) in [6.07, 6.45) is -3.85. The molecule has 7 heteroatoms. The van der Waals surface area contributed by atoms with Gasteiger partial charge in [0.2, 0.25) is 0 Å². The second-order valence-electron chi connectivity index (χ2n) is 4.31. The van der Waals surface area contributed by atoms with Crippen molar-refractivity contribution in [1.82, 2.24) is 0 Å². The van der Waals surface area contributed by atoms with Gasteiger partial charge in [0.15, 0.2) is 11.6 Å². The van der Waals surface area contributed by atoms with Gasteiger partial charge in [-0.05, 0) is 13.3 Å². The van der Waals surface area contributed by atoms with Gasteiger partial charge in [0.05, 0.1) is 18.0 Å². The highest BCUT2D eigenvalue weighted by molar-refractivity contribution is 5.70. The lowest BCUT2D eigenvalue weighted by Crippen LogP contribution is -2.35. The second-order valence-corrected chi connectivity index (χ2v) is 4.31. The van der Waals surface area contributed by atoms with E-state index in [1.54, 1.807) is 13.8 Å². The summed E-state index contributed by atoms with van der Waals surface area (Å²) >= 11 is 0. The Labute approximate surface area is 115 Å². The highest BCUT2D eigenvalue weighted by Gasteiger charge is 2.31. The summed E-state index contributed by atoms with van der Waals surface area (Å²) in [6.45, 7) is 2.66. The first-order chi connectivity index (χ1) is 9.28. The van der Waals surface area contributed by atoms with Crippen LogP contribution >= 0.6 is 0 Å². The molecule has 114 valence electrons. The van der Waals surface area contributed by atoms with E-state index in [9.17, 15) is 17.6 Å². The second kappa shape index (κ2) is 6.67. The quantitative estimate of drug-likeness (QED) is 0.643. The highest BCUT2D eigenvalue weighted by Crippen LogP contribution is 2.33. The minimum Gasteiger partial charge on any atom is -0.491 e. The van der Waals surface area contributed by atoms with Crippen LogP contribution in [0.3, 0.4) is 0 Å². The Morgan fingerprint density at radius 2 is 1.90 bits per heavy atom. The van der Waals surface area contributed by atoms with Crippen LogP contribution in [0.2, 0.25) is 0 Å². The molecule has 0 aliphatic rings. The van der Waals surface area contributed by atoms with E-state index in [0.29, 0.717) is 6.42 Å². The summed E-state index contributed by atoms with van der Waals surface area (Å²) in [6, 6.07) is 2.20. The number of nitrogens with two attached hydrogens (primary N) is 1. The van der Waals surface area contributed by atoms with E-state index in [2.05, 4.69) is 0 Å². The third-order valence-electron chi connectivity index (χ3n) is 2.59. The lowest BCUT2D eigenvalue weighted by atomic mass is 10.2. The molecular formula is C13H18F4N2O. The zero-order valence-electron chi connectivity index (χ0n) is 11.4. The van der Waals surface area contributed by atoms with Gasteiger partial charge in [0, 0.05) is 18.7 Å². The normalized spacial score (nSPS) is 11.5. The van der Waals surface area contributed by atoms with E-state index in [1.165, 1.54) is 6.07 Å². The molecule has 0 amide bonds. The number of halogens is 4. The summed E-state index contributed by atoms with van der Waals surface area (Å²) in [5, 5.41) is 0. The van der Waals surface area contributed by atoms with Crippen molar-refractivity contribution in [3.63, 3.8) is 0 Å². The smallest absolute Gasteiger partial charge is 0.405 e. The molecule has 0 fully saturated rings. The summed E-state index contributed by atoms with van der Waals surface area (Å²) in [4.78, 5) is 1.08. The van der Waals surface area contributed by atoms with Crippen molar-refractivity contribution in [2.45, 2.75) is 26.4 Å². The van der Waals surface area contributed by atoms with E-state index in [1.807, 2.05) is 0 Å². The molecule has 0 aliphatic carbocycles. The van der Waals surface area contributed by atoms with Crippen LogP contribution in [-0.4, -0.2) is 25.9 Å². The maximum Gasteiger partial charge on any atom is 0.405 e. The number of hydrogen-bond donors (Lipinski definition) is 1. The minimum atomic E-state index is -4.36. The predicted octanol–water partition coefficient (Wildman–Crippen LogP) is 3.59. The Hall–Kier alpha value is -1.66. The molecule has 0 saturated heterocycles. The fourth-order valence-corrected chi connectivity index (χ4v) is 1.87. The van der Waals surface area contributed by atoms with Crippen LogP contribution in [0, 0.1) is 5.82 Å². The fraction of sp³-hybridized carbons (Fsp3) is 0.538. The largest absolute Gasteiger partial charge is 0.491 e. The van der Waals surface area contributed by atoms with Crippen LogP contribution in [0.15, 0.2) is 12.1 Å². The third-order valence-corrected chi connectivity index (χ3v) is 2.59. The molecule has 0 aromatic heterocycles. The number of benzene rings is 1. The van der Waals surface area contributed by atoms with Crippen molar-refractivity contribution >= 4 is 11.4 Å². The monoisotopic (exact) mass is 294 g/mol. The number of nitrogen functional groups attached to an aromatic ring is 1. The first-order valence-corrected chi connectivity index (χ1v) is 6.32. The summed E-state index contributed by atoms with van der Waals surface area (Å²) in [5.41, 5.74) is 5.73. The van der Waals surface area contributed by atoms with Crippen molar-refractivity contribution in [1.29, 1.82) is 0 Å². The molecule has 2 N–H and O–H groups in total. The predicted molar refractivity (Wildman–Crippen MR) is 70.5 cm³/mol. The summed E-state index contributed by atoms with van der Waals surface area (Å²) < 4.78 is 56.4. The van der Waals surface area contributed by atoms with Crippen molar-refractivity contribution in [2.24, 2.45) is 0 Å². The molecule has 0 spiro atoms. The first-order valence-electron chi connectivity index (χ1n) is 6.32. The number of alkyl halides is 3. The van der Waals surface area contributed by atoms with Gasteiger partial charge in [-0.15, -0.1) is 0 Å². The van der Waals surface area contributed by atoms with Gasteiger partial charge in [0.25, 0.3) is 0 Å². The van der Waals surface area contributed by atoms with Crippen molar-refractivity contribution in [2.75, 3.05) is 30.3 Å². The Morgan fingerprint density at radius 3 is 2.40 bits per heavy atom. The van der Waals surface area contributed by atoms with Crippen LogP contribution < -0.4 is 15.4 Å². The number of anilines is 2. The molecular weight excluding hydrogens is 276 g/mol. The molecule has 3 nitrogen and oxygen atoms in total. The van der Waals surface area contributed by atoms with Gasteiger partial charge < -0.3 is 15.4 Å². The molecule has 0 saturated carbocycles. The van der Waals surface area contributed by atoms with Gasteiger partial charge in [-0.25, -0.2) is 4.39 Å². The highest BCUT2D eigenvalue weighted by atomic mass is 19.4. The van der Waals surface area contributed by atoms with Crippen molar-refractivity contribution in [3.05, 3.63) is 17.9 Å². The molecule has 0 bridgehead atoms. The maximum atomic E-state index is 13.6. The lowest BCUT2D eigenvalue weighted by Gasteiger charge is -2.27. The number of nitrogens with zero attached hydrogens (tertiary/aromatic N) is 1. The molecule has 0 heterocycles. The molecule has 0 aliphatic heterocycles. The van der Waals surface area contributed by atoms with E-state index in [-0.39, 0.29) is 30.3 Å². The molecule has 0 atom stereocenters. The van der Waals surface area contributed by atoms with Crippen LogP contribution in [0.5, 0.6) is 5.75 Å². The average molecular weight is 294 g/mol. The lowest BCUT2D eigenvalue weighted by molar-refractivity contribution is -0.119. The SMILES string of the molecule is CCCN(CC(F)(F)F)c1cc(OCC)c(F)cc1N. The molecule has 1 aromatic carbocycles. The Morgan fingerprint density at radius 1 is 1.25 bits per heavy atom. The van der Waals surface area contributed by atoms with Gasteiger partial charge >= 0.3 is 6.18 Å². The van der Waals surface area contributed by atoms with Gasteiger partial charge in [-0.3, -0.25) is 0 Å². The fourth-order valence-electron chi connectivity index (χ4n) is 1.87. The topological polar surface area (TPSA) is 38.5 Å². The van der Waals surface area contributed by atoms with Crippen LogP contribution in [0.1, 0.15) is 20.3 Å². The van der Waals surface area contributed by atoms with Crippen molar-refractivity contribution < 1.29 is 22.3 Å². The van der Waals surface area contributed by atoms with Crippen LogP contribution in [-0.2, 0) is 0 Å². The number of hydrogen-bond acceptors (Lipinski definition) is 3. The molecule has 1 aromatic rings. The molecule has 0 radical (unpaired) electrons. The molecule has 1 rings (SSSR count). The van der Waals surface area contributed by atoms with Gasteiger partial charge in [-0.1, -0.05) is 6.92 Å². The Kier molecular flexibility index (Phi) is 5.47. The van der Waals surface area contributed by atoms with Gasteiger partial charge in [0.1, 0.15) is 6.54 Å². The number of rotatable bonds is 6. The van der Waals surface area contributed by atoms with Gasteiger partial charge in [-0.2, -0.15) is 13.2 Å². The summed E-state index contributed by atoms with van der Waals surface area (Å²) in [5.74, 6) is -0.781. The Bertz CT molecular complexity index is 449. The van der Waals surface area contributed by atoms with Crippen molar-refractivity contribution in [3.8, 4) is 5.75 Å². The van der Waals surface area contributed by atoms with E-state index in [0.717, 1.165) is 11.0 Å². The molecule has 20 heavy (non-hydrogen) atoms. The standard InChI is InChI=1S/C13H18F4N2O/c1-3-5-19(8-13(15,16)17)11-7-12(20-4-2)9(14)6-10(11)18/h6-7H,3-5,8,18H2,1-2H3. The zero-order valence-corrected chi connectivity index (χ0v) is 11.4. The molecule has 0 unspecified atom stereocenters.